The van der Waals surface area contributed by atoms with Crippen molar-refractivity contribution in [2.24, 2.45) is 0 Å². The first-order valence-electron chi connectivity index (χ1n) is 5.33. The van der Waals surface area contributed by atoms with E-state index in [9.17, 15) is 4.79 Å². The second-order valence-electron chi connectivity index (χ2n) is 3.95. The maximum absolute atomic E-state index is 10.9. The molecule has 1 saturated heterocycles. The van der Waals surface area contributed by atoms with E-state index in [-0.39, 0.29) is 11.7 Å². The topological polar surface area (TPSA) is 62.7 Å². The van der Waals surface area contributed by atoms with Crippen molar-refractivity contribution in [3.63, 3.8) is 0 Å². The molecular weight excluding hydrogens is 244 g/mol. The average Bonchev–Trinajstić information content (AvgIpc) is 2.28. The lowest BCUT2D eigenvalue weighted by Crippen LogP contribution is -2.44. The number of aromatic nitrogens is 1. The maximum Gasteiger partial charge on any atom is 0.354 e. The summed E-state index contributed by atoms with van der Waals surface area (Å²) in [4.78, 5) is 17.0. The SMILES string of the molecule is C[C@H]1COCCN1c1cc(Cl)cc(C(=O)O)n1. The van der Waals surface area contributed by atoms with Crippen LogP contribution in [0.25, 0.3) is 0 Å². The van der Waals surface area contributed by atoms with Crippen molar-refractivity contribution in [3.8, 4) is 0 Å². The fourth-order valence-electron chi connectivity index (χ4n) is 1.81. The van der Waals surface area contributed by atoms with Gasteiger partial charge in [-0.2, -0.15) is 0 Å². The van der Waals surface area contributed by atoms with E-state index in [1.165, 1.54) is 6.07 Å². The predicted molar refractivity (Wildman–Crippen MR) is 63.8 cm³/mol. The van der Waals surface area contributed by atoms with Gasteiger partial charge in [0.15, 0.2) is 5.69 Å². The first kappa shape index (κ1) is 12.1. The fourth-order valence-corrected chi connectivity index (χ4v) is 2.01. The van der Waals surface area contributed by atoms with E-state index in [1.54, 1.807) is 6.07 Å². The van der Waals surface area contributed by atoms with Gasteiger partial charge in [-0.25, -0.2) is 9.78 Å². The Balaban J connectivity index is 2.33. The molecule has 1 N–H and O–H groups in total. The second kappa shape index (κ2) is 4.89. The van der Waals surface area contributed by atoms with E-state index in [0.717, 1.165) is 0 Å². The van der Waals surface area contributed by atoms with Crippen molar-refractivity contribution < 1.29 is 14.6 Å². The lowest BCUT2D eigenvalue weighted by Gasteiger charge is -2.34. The lowest BCUT2D eigenvalue weighted by atomic mass is 10.2. The molecule has 1 aliphatic heterocycles. The molecule has 1 aromatic rings. The fraction of sp³-hybridized carbons (Fsp3) is 0.455. The van der Waals surface area contributed by atoms with Gasteiger partial charge in [-0.05, 0) is 19.1 Å². The van der Waals surface area contributed by atoms with Gasteiger partial charge < -0.3 is 14.7 Å². The van der Waals surface area contributed by atoms with Crippen LogP contribution in [0.15, 0.2) is 12.1 Å². The van der Waals surface area contributed by atoms with Crippen LogP contribution < -0.4 is 4.90 Å². The summed E-state index contributed by atoms with van der Waals surface area (Å²) in [7, 11) is 0. The van der Waals surface area contributed by atoms with Crippen LogP contribution in [0.1, 0.15) is 17.4 Å². The third kappa shape index (κ3) is 2.68. The number of ether oxygens (including phenoxy) is 1. The predicted octanol–water partition coefficient (Wildman–Crippen LogP) is 1.66. The molecule has 1 atom stereocenters. The molecule has 2 heterocycles. The Kier molecular flexibility index (Phi) is 3.49. The highest BCUT2D eigenvalue weighted by molar-refractivity contribution is 6.31. The zero-order valence-electron chi connectivity index (χ0n) is 9.39. The summed E-state index contributed by atoms with van der Waals surface area (Å²) in [5.74, 6) is -0.486. The van der Waals surface area contributed by atoms with E-state index < -0.39 is 5.97 Å². The van der Waals surface area contributed by atoms with Crippen LogP contribution in [0.4, 0.5) is 5.82 Å². The molecule has 2 rings (SSSR count). The molecular formula is C11H13ClN2O3. The molecule has 1 aliphatic rings. The number of hydrogen-bond donors (Lipinski definition) is 1. The summed E-state index contributed by atoms with van der Waals surface area (Å²) in [5.41, 5.74) is -0.0359. The molecule has 0 spiro atoms. The Morgan fingerprint density at radius 2 is 2.41 bits per heavy atom. The van der Waals surface area contributed by atoms with Crippen LogP contribution >= 0.6 is 11.6 Å². The average molecular weight is 257 g/mol. The van der Waals surface area contributed by atoms with Crippen LogP contribution in [0.2, 0.25) is 5.02 Å². The highest BCUT2D eigenvalue weighted by Gasteiger charge is 2.21. The van der Waals surface area contributed by atoms with E-state index in [2.05, 4.69) is 4.98 Å². The van der Waals surface area contributed by atoms with Gasteiger partial charge in [-0.15, -0.1) is 0 Å². The van der Waals surface area contributed by atoms with Crippen LogP contribution in [0.5, 0.6) is 0 Å². The third-order valence-corrected chi connectivity index (χ3v) is 2.88. The lowest BCUT2D eigenvalue weighted by molar-refractivity contribution is 0.0690. The monoisotopic (exact) mass is 256 g/mol. The minimum atomic E-state index is -1.07. The van der Waals surface area contributed by atoms with Crippen LogP contribution in [0, 0.1) is 0 Å². The highest BCUT2D eigenvalue weighted by atomic mass is 35.5. The summed E-state index contributed by atoms with van der Waals surface area (Å²) in [5, 5.41) is 9.31. The number of carbonyl (C=O) groups is 1. The number of anilines is 1. The van der Waals surface area contributed by atoms with Crippen LogP contribution in [-0.2, 0) is 4.74 Å². The zero-order valence-corrected chi connectivity index (χ0v) is 10.1. The number of rotatable bonds is 2. The number of aromatic carboxylic acids is 1. The van der Waals surface area contributed by atoms with E-state index in [1.807, 2.05) is 11.8 Å². The molecule has 0 radical (unpaired) electrons. The number of pyridine rings is 1. The van der Waals surface area contributed by atoms with Gasteiger partial charge in [0.2, 0.25) is 0 Å². The van der Waals surface area contributed by atoms with Gasteiger partial charge in [0.05, 0.1) is 19.3 Å². The molecule has 1 aromatic heterocycles. The Hall–Kier alpha value is -1.33. The van der Waals surface area contributed by atoms with Gasteiger partial charge in [0, 0.05) is 11.6 Å². The standard InChI is InChI=1S/C11H13ClN2O3/c1-7-6-17-3-2-14(7)10-5-8(12)4-9(13-10)11(15)16/h4-5,7H,2-3,6H2,1H3,(H,15,16)/t7-/m0/s1. The number of carboxylic acid groups (broad SMARTS) is 1. The Morgan fingerprint density at radius 1 is 1.65 bits per heavy atom. The van der Waals surface area contributed by atoms with Gasteiger partial charge in [-0.3, -0.25) is 0 Å². The third-order valence-electron chi connectivity index (χ3n) is 2.66. The number of morpholine rings is 1. The molecule has 17 heavy (non-hydrogen) atoms. The summed E-state index contributed by atoms with van der Waals surface area (Å²) >= 11 is 5.90. The quantitative estimate of drug-likeness (QED) is 0.872. The maximum atomic E-state index is 10.9. The van der Waals surface area contributed by atoms with Crippen LogP contribution in [0.3, 0.4) is 0 Å². The molecule has 0 aliphatic carbocycles. The second-order valence-corrected chi connectivity index (χ2v) is 4.39. The smallest absolute Gasteiger partial charge is 0.354 e. The number of halogens is 1. The van der Waals surface area contributed by atoms with Crippen molar-refractivity contribution in [1.82, 2.24) is 4.98 Å². The molecule has 0 bridgehead atoms. The molecule has 0 amide bonds. The summed E-state index contributed by atoms with van der Waals surface area (Å²) in [6, 6.07) is 3.19. The number of nitrogens with zero attached hydrogens (tertiary/aromatic N) is 2. The first-order valence-corrected chi connectivity index (χ1v) is 5.71. The van der Waals surface area contributed by atoms with Crippen LogP contribution in [-0.4, -0.2) is 41.9 Å². The van der Waals surface area contributed by atoms with Crippen molar-refractivity contribution in [1.29, 1.82) is 0 Å². The minimum absolute atomic E-state index is 0.0359. The summed E-state index contributed by atoms with van der Waals surface area (Å²) in [6.45, 7) is 3.91. The molecule has 0 saturated carbocycles. The number of hydrogen-bond acceptors (Lipinski definition) is 4. The molecule has 0 unspecified atom stereocenters. The van der Waals surface area contributed by atoms with Crippen molar-refractivity contribution in [2.45, 2.75) is 13.0 Å². The zero-order chi connectivity index (χ0) is 12.4. The molecule has 5 nitrogen and oxygen atoms in total. The Bertz CT molecular complexity index is 439. The molecule has 1 fully saturated rings. The van der Waals surface area contributed by atoms with E-state index in [0.29, 0.717) is 30.6 Å². The number of carboxylic acids is 1. The largest absolute Gasteiger partial charge is 0.477 e. The van der Waals surface area contributed by atoms with Crippen molar-refractivity contribution in [2.75, 3.05) is 24.7 Å². The molecule has 0 aromatic carbocycles. The van der Waals surface area contributed by atoms with Crippen molar-refractivity contribution in [3.05, 3.63) is 22.8 Å². The van der Waals surface area contributed by atoms with Gasteiger partial charge >= 0.3 is 5.97 Å². The minimum Gasteiger partial charge on any atom is -0.477 e. The van der Waals surface area contributed by atoms with Gasteiger partial charge in [-0.1, -0.05) is 11.6 Å². The van der Waals surface area contributed by atoms with Gasteiger partial charge in [0.25, 0.3) is 0 Å². The highest BCUT2D eigenvalue weighted by Crippen LogP contribution is 2.22. The normalized spacial score (nSPS) is 20.4. The Morgan fingerprint density at radius 3 is 3.06 bits per heavy atom. The van der Waals surface area contributed by atoms with Gasteiger partial charge in [0.1, 0.15) is 5.82 Å². The summed E-state index contributed by atoms with van der Waals surface area (Å²) < 4.78 is 5.32. The Labute approximate surface area is 104 Å². The molecule has 6 heteroatoms. The van der Waals surface area contributed by atoms with E-state index in [4.69, 9.17) is 21.4 Å². The molecule has 92 valence electrons. The first-order chi connectivity index (χ1) is 8.08. The van der Waals surface area contributed by atoms with Crippen molar-refractivity contribution >= 4 is 23.4 Å². The van der Waals surface area contributed by atoms with E-state index >= 15 is 0 Å². The summed E-state index contributed by atoms with van der Waals surface area (Å²) in [6.07, 6.45) is 0.